The van der Waals surface area contributed by atoms with Crippen LogP contribution in [0, 0.1) is 0 Å². The first-order chi connectivity index (χ1) is 12.0. The molecule has 0 aliphatic heterocycles. The third kappa shape index (κ3) is 5.61. The SMILES string of the molecule is CC[C@@H](C)NC(=O)c1ccccc1NC(=O)CCc1ccccc1Cl. The van der Waals surface area contributed by atoms with Crippen molar-refractivity contribution in [2.45, 2.75) is 39.2 Å². The summed E-state index contributed by atoms with van der Waals surface area (Å²) in [6, 6.07) is 14.6. The summed E-state index contributed by atoms with van der Waals surface area (Å²) in [4.78, 5) is 24.6. The number of para-hydroxylation sites is 1. The van der Waals surface area contributed by atoms with Gasteiger partial charge in [0.15, 0.2) is 0 Å². The smallest absolute Gasteiger partial charge is 0.253 e. The van der Waals surface area contributed by atoms with Crippen molar-refractivity contribution in [3.05, 3.63) is 64.7 Å². The highest BCUT2D eigenvalue weighted by Crippen LogP contribution is 2.18. The van der Waals surface area contributed by atoms with Crippen LogP contribution in [0.4, 0.5) is 5.69 Å². The standard InChI is InChI=1S/C20H23ClN2O2/c1-3-14(2)22-20(25)16-9-5-7-11-18(16)23-19(24)13-12-15-8-4-6-10-17(15)21/h4-11,14H,3,12-13H2,1-2H3,(H,22,25)(H,23,24)/t14-/m1/s1. The Labute approximate surface area is 153 Å². The van der Waals surface area contributed by atoms with Gasteiger partial charge in [0.05, 0.1) is 11.3 Å². The van der Waals surface area contributed by atoms with E-state index >= 15 is 0 Å². The molecular weight excluding hydrogens is 336 g/mol. The fourth-order valence-electron chi connectivity index (χ4n) is 2.36. The number of halogens is 1. The molecule has 2 rings (SSSR count). The number of carbonyl (C=O) groups excluding carboxylic acids is 2. The summed E-state index contributed by atoms with van der Waals surface area (Å²) in [7, 11) is 0. The van der Waals surface area contributed by atoms with Gasteiger partial charge in [0, 0.05) is 17.5 Å². The number of carbonyl (C=O) groups is 2. The summed E-state index contributed by atoms with van der Waals surface area (Å²) in [6.07, 6.45) is 1.69. The molecule has 0 aliphatic carbocycles. The van der Waals surface area contributed by atoms with Crippen LogP contribution in [0.2, 0.25) is 5.02 Å². The van der Waals surface area contributed by atoms with Crippen molar-refractivity contribution in [1.29, 1.82) is 0 Å². The van der Waals surface area contributed by atoms with Gasteiger partial charge in [0.1, 0.15) is 0 Å². The fourth-order valence-corrected chi connectivity index (χ4v) is 2.59. The second-order valence-electron chi connectivity index (χ2n) is 5.97. The Morgan fingerprint density at radius 2 is 1.76 bits per heavy atom. The summed E-state index contributed by atoms with van der Waals surface area (Å²) < 4.78 is 0. The zero-order valence-corrected chi connectivity index (χ0v) is 15.3. The fraction of sp³-hybridized carbons (Fsp3) is 0.300. The quantitative estimate of drug-likeness (QED) is 0.768. The molecule has 0 aromatic heterocycles. The van der Waals surface area contributed by atoms with Crippen molar-refractivity contribution in [2.75, 3.05) is 5.32 Å². The minimum Gasteiger partial charge on any atom is -0.350 e. The van der Waals surface area contributed by atoms with Crippen LogP contribution in [0.1, 0.15) is 42.6 Å². The number of hydrogen-bond acceptors (Lipinski definition) is 2. The normalized spacial score (nSPS) is 11.6. The van der Waals surface area contributed by atoms with E-state index in [2.05, 4.69) is 10.6 Å². The molecule has 0 saturated heterocycles. The lowest BCUT2D eigenvalue weighted by atomic mass is 10.1. The molecule has 2 N–H and O–H groups in total. The number of aryl methyl sites for hydroxylation is 1. The monoisotopic (exact) mass is 358 g/mol. The van der Waals surface area contributed by atoms with Gasteiger partial charge in [-0.3, -0.25) is 9.59 Å². The van der Waals surface area contributed by atoms with Gasteiger partial charge in [-0.25, -0.2) is 0 Å². The van der Waals surface area contributed by atoms with E-state index in [-0.39, 0.29) is 17.9 Å². The number of rotatable bonds is 7. The lowest BCUT2D eigenvalue weighted by molar-refractivity contribution is -0.116. The molecule has 0 spiro atoms. The van der Waals surface area contributed by atoms with Gasteiger partial charge in [0.2, 0.25) is 5.91 Å². The molecule has 2 aromatic rings. The molecule has 0 bridgehead atoms. The van der Waals surface area contributed by atoms with E-state index in [1.54, 1.807) is 24.3 Å². The first-order valence-electron chi connectivity index (χ1n) is 8.44. The Bertz CT molecular complexity index is 746. The third-order valence-electron chi connectivity index (χ3n) is 4.01. The molecule has 0 unspecified atom stereocenters. The lowest BCUT2D eigenvalue weighted by Gasteiger charge is -2.14. The van der Waals surface area contributed by atoms with Crippen molar-refractivity contribution in [2.24, 2.45) is 0 Å². The van der Waals surface area contributed by atoms with Crippen LogP contribution in [0.5, 0.6) is 0 Å². The Morgan fingerprint density at radius 3 is 2.48 bits per heavy atom. The summed E-state index contributed by atoms with van der Waals surface area (Å²) in [5.41, 5.74) is 1.92. The van der Waals surface area contributed by atoms with E-state index in [0.29, 0.717) is 29.1 Å². The van der Waals surface area contributed by atoms with Gasteiger partial charge in [-0.1, -0.05) is 48.9 Å². The maximum Gasteiger partial charge on any atom is 0.253 e. The summed E-state index contributed by atoms with van der Waals surface area (Å²) in [5.74, 6) is -0.333. The van der Waals surface area contributed by atoms with Crippen molar-refractivity contribution in [3.63, 3.8) is 0 Å². The Hall–Kier alpha value is -2.33. The predicted molar refractivity (Wildman–Crippen MR) is 102 cm³/mol. The molecule has 132 valence electrons. The first-order valence-corrected chi connectivity index (χ1v) is 8.82. The predicted octanol–water partition coefficient (Wildman–Crippen LogP) is 4.44. The van der Waals surface area contributed by atoms with Crippen LogP contribution in [-0.2, 0) is 11.2 Å². The molecular formula is C20H23ClN2O2. The van der Waals surface area contributed by atoms with E-state index in [0.717, 1.165) is 12.0 Å². The second kappa shape index (κ2) is 9.23. The van der Waals surface area contributed by atoms with Crippen molar-refractivity contribution in [1.82, 2.24) is 5.32 Å². The zero-order valence-electron chi connectivity index (χ0n) is 14.5. The van der Waals surface area contributed by atoms with Crippen molar-refractivity contribution >= 4 is 29.1 Å². The molecule has 5 heteroatoms. The van der Waals surface area contributed by atoms with Crippen LogP contribution in [-0.4, -0.2) is 17.9 Å². The number of hydrogen-bond donors (Lipinski definition) is 2. The highest BCUT2D eigenvalue weighted by Gasteiger charge is 2.14. The second-order valence-corrected chi connectivity index (χ2v) is 6.38. The highest BCUT2D eigenvalue weighted by molar-refractivity contribution is 6.31. The van der Waals surface area contributed by atoms with Crippen molar-refractivity contribution < 1.29 is 9.59 Å². The topological polar surface area (TPSA) is 58.2 Å². The van der Waals surface area contributed by atoms with Crippen LogP contribution in [0.3, 0.4) is 0 Å². The van der Waals surface area contributed by atoms with E-state index in [9.17, 15) is 9.59 Å². The Morgan fingerprint density at radius 1 is 1.08 bits per heavy atom. The van der Waals surface area contributed by atoms with Gasteiger partial charge in [-0.2, -0.15) is 0 Å². The average Bonchev–Trinajstić information content (AvgIpc) is 2.61. The van der Waals surface area contributed by atoms with Crippen molar-refractivity contribution in [3.8, 4) is 0 Å². The summed E-state index contributed by atoms with van der Waals surface area (Å²) in [5, 5.41) is 6.40. The third-order valence-corrected chi connectivity index (χ3v) is 4.38. The van der Waals surface area contributed by atoms with Gasteiger partial charge in [0.25, 0.3) is 5.91 Å². The summed E-state index contributed by atoms with van der Waals surface area (Å²) >= 11 is 6.11. The molecule has 0 aliphatic rings. The largest absolute Gasteiger partial charge is 0.350 e. The van der Waals surface area contributed by atoms with E-state index < -0.39 is 0 Å². The molecule has 0 saturated carbocycles. The minimum absolute atomic E-state index is 0.0801. The van der Waals surface area contributed by atoms with Gasteiger partial charge < -0.3 is 10.6 Å². The molecule has 1 atom stereocenters. The Kier molecular flexibility index (Phi) is 7.02. The van der Waals surface area contributed by atoms with Crippen LogP contribution in [0.15, 0.2) is 48.5 Å². The maximum atomic E-state index is 12.4. The van der Waals surface area contributed by atoms with Crippen LogP contribution < -0.4 is 10.6 Å². The molecule has 25 heavy (non-hydrogen) atoms. The molecule has 0 radical (unpaired) electrons. The number of benzene rings is 2. The van der Waals surface area contributed by atoms with Gasteiger partial charge >= 0.3 is 0 Å². The number of nitrogens with one attached hydrogen (secondary N) is 2. The molecule has 0 fully saturated rings. The van der Waals surface area contributed by atoms with E-state index in [1.807, 2.05) is 38.1 Å². The minimum atomic E-state index is -0.184. The summed E-state index contributed by atoms with van der Waals surface area (Å²) in [6.45, 7) is 3.95. The molecule has 4 nitrogen and oxygen atoms in total. The molecule has 2 amide bonds. The number of amides is 2. The Balaban J connectivity index is 2.01. The van der Waals surface area contributed by atoms with E-state index in [4.69, 9.17) is 11.6 Å². The average molecular weight is 359 g/mol. The molecule has 2 aromatic carbocycles. The van der Waals surface area contributed by atoms with Crippen LogP contribution >= 0.6 is 11.6 Å². The van der Waals surface area contributed by atoms with Gasteiger partial charge in [-0.15, -0.1) is 0 Å². The number of anilines is 1. The van der Waals surface area contributed by atoms with Gasteiger partial charge in [-0.05, 0) is 43.5 Å². The maximum absolute atomic E-state index is 12.4. The first kappa shape index (κ1) is 19.0. The lowest BCUT2D eigenvalue weighted by Crippen LogP contribution is -2.32. The van der Waals surface area contributed by atoms with Crippen LogP contribution in [0.25, 0.3) is 0 Å². The van der Waals surface area contributed by atoms with E-state index in [1.165, 1.54) is 0 Å². The highest BCUT2D eigenvalue weighted by atomic mass is 35.5. The zero-order chi connectivity index (χ0) is 18.2. The molecule has 0 heterocycles.